The Labute approximate surface area is 177 Å². The zero-order valence-electron chi connectivity index (χ0n) is 16.6. The van der Waals surface area contributed by atoms with Crippen LogP contribution in [-0.4, -0.2) is 47.8 Å². The third kappa shape index (κ3) is 3.88. The lowest BCUT2D eigenvalue weighted by atomic mass is 9.99. The van der Waals surface area contributed by atoms with Crippen LogP contribution in [0.1, 0.15) is 24.3 Å². The number of aromatic nitrogens is 2. The molecule has 1 fully saturated rings. The molecule has 4 heterocycles. The van der Waals surface area contributed by atoms with E-state index in [-0.39, 0.29) is 23.5 Å². The van der Waals surface area contributed by atoms with Gasteiger partial charge in [0.05, 0.1) is 12.0 Å². The summed E-state index contributed by atoms with van der Waals surface area (Å²) in [5.74, 6) is -0.289. The highest BCUT2D eigenvalue weighted by atomic mass is 19.3. The molecule has 2 aromatic heterocycles. The van der Waals surface area contributed by atoms with Crippen molar-refractivity contribution in [2.75, 3.05) is 13.1 Å². The molecule has 1 aromatic carbocycles. The summed E-state index contributed by atoms with van der Waals surface area (Å²) in [6.45, 7) is 1.91. The third-order valence-corrected chi connectivity index (χ3v) is 5.60. The minimum atomic E-state index is -3.65. The Morgan fingerprint density at radius 1 is 1.19 bits per heavy atom. The molecule has 2 aliphatic heterocycles. The van der Waals surface area contributed by atoms with Gasteiger partial charge in [0.1, 0.15) is 5.65 Å². The van der Waals surface area contributed by atoms with Gasteiger partial charge < -0.3 is 25.2 Å². The maximum Gasteiger partial charge on any atom is 0.586 e. The number of hydrogen-bond acceptors (Lipinski definition) is 6. The van der Waals surface area contributed by atoms with E-state index >= 15 is 0 Å². The molecule has 0 spiro atoms. The molecule has 7 nitrogen and oxygen atoms in total. The highest BCUT2D eigenvalue weighted by Crippen LogP contribution is 2.43. The van der Waals surface area contributed by atoms with Gasteiger partial charge in [-0.2, -0.15) is 0 Å². The van der Waals surface area contributed by atoms with Crippen LogP contribution >= 0.6 is 0 Å². The van der Waals surface area contributed by atoms with Crippen molar-refractivity contribution >= 4 is 23.5 Å². The molecule has 0 aliphatic carbocycles. The van der Waals surface area contributed by atoms with Crippen LogP contribution in [0.4, 0.5) is 8.78 Å². The standard InChI is InChI=1S/C22H21F2N5O2/c23-22(24)30-19-2-1-13(8-20(19)31-22)18-12-29-21-17(18)7-14(10-28-21)15(9-25)11-27-16-3-5-26-6-4-16/h1-2,7-12,15-16,25-26H,3-6H2,(H,28,29). The summed E-state index contributed by atoms with van der Waals surface area (Å²) < 4.78 is 35.8. The van der Waals surface area contributed by atoms with E-state index in [4.69, 9.17) is 5.41 Å². The van der Waals surface area contributed by atoms with Crippen molar-refractivity contribution in [3.05, 3.63) is 42.2 Å². The molecule has 1 unspecified atom stereocenters. The van der Waals surface area contributed by atoms with Crippen molar-refractivity contribution in [3.63, 3.8) is 0 Å². The molecular weight excluding hydrogens is 404 g/mol. The van der Waals surface area contributed by atoms with Crippen molar-refractivity contribution in [2.45, 2.75) is 31.1 Å². The number of pyridine rings is 1. The van der Waals surface area contributed by atoms with Gasteiger partial charge in [-0.15, -0.1) is 8.78 Å². The van der Waals surface area contributed by atoms with Crippen molar-refractivity contribution in [3.8, 4) is 22.6 Å². The van der Waals surface area contributed by atoms with Crippen LogP contribution in [-0.2, 0) is 0 Å². The number of alkyl halides is 2. The molecule has 0 radical (unpaired) electrons. The number of fused-ring (bicyclic) bond motifs is 2. The second kappa shape index (κ2) is 7.73. The van der Waals surface area contributed by atoms with E-state index in [1.807, 2.05) is 12.3 Å². The molecule has 0 amide bonds. The van der Waals surface area contributed by atoms with Gasteiger partial charge in [-0.1, -0.05) is 6.07 Å². The van der Waals surface area contributed by atoms with Crippen LogP contribution in [0.15, 0.2) is 41.7 Å². The second-order valence-corrected chi connectivity index (χ2v) is 7.67. The number of aliphatic imine (C=N–C) groups is 1. The fourth-order valence-corrected chi connectivity index (χ4v) is 3.95. The summed E-state index contributed by atoms with van der Waals surface area (Å²) in [5.41, 5.74) is 3.00. The molecule has 3 N–H and O–H groups in total. The summed E-state index contributed by atoms with van der Waals surface area (Å²) in [5, 5.41) is 12.0. The number of ether oxygens (including phenoxy) is 2. The topological polar surface area (TPSA) is 95.4 Å². The minimum absolute atomic E-state index is 0.00500. The Balaban J connectivity index is 1.46. The number of halogens is 2. The quantitative estimate of drug-likeness (QED) is 0.536. The Morgan fingerprint density at radius 2 is 2.00 bits per heavy atom. The summed E-state index contributed by atoms with van der Waals surface area (Å²) in [4.78, 5) is 12.3. The summed E-state index contributed by atoms with van der Waals surface area (Å²) in [7, 11) is 0. The fourth-order valence-electron chi connectivity index (χ4n) is 3.95. The van der Waals surface area contributed by atoms with Crippen LogP contribution in [0.5, 0.6) is 11.5 Å². The van der Waals surface area contributed by atoms with E-state index < -0.39 is 6.29 Å². The monoisotopic (exact) mass is 425 g/mol. The van der Waals surface area contributed by atoms with Gasteiger partial charge in [-0.05, 0) is 55.3 Å². The average Bonchev–Trinajstić information content (AvgIpc) is 3.33. The van der Waals surface area contributed by atoms with Crippen LogP contribution in [0.2, 0.25) is 0 Å². The van der Waals surface area contributed by atoms with Crippen molar-refractivity contribution < 1.29 is 18.3 Å². The maximum absolute atomic E-state index is 13.4. The predicted octanol–water partition coefficient (Wildman–Crippen LogP) is 4.11. The highest BCUT2D eigenvalue weighted by Gasteiger charge is 2.43. The van der Waals surface area contributed by atoms with E-state index in [2.05, 4.69) is 29.8 Å². The Kier molecular flexibility index (Phi) is 4.90. The number of nitrogens with one attached hydrogen (secondary N) is 3. The van der Waals surface area contributed by atoms with Crippen molar-refractivity contribution in [1.82, 2.24) is 15.3 Å². The molecular formula is C22H21F2N5O2. The van der Waals surface area contributed by atoms with Crippen LogP contribution < -0.4 is 14.8 Å². The second-order valence-electron chi connectivity index (χ2n) is 7.67. The van der Waals surface area contributed by atoms with E-state index in [1.54, 1.807) is 18.5 Å². The van der Waals surface area contributed by atoms with Gasteiger partial charge in [-0.25, -0.2) is 4.98 Å². The maximum atomic E-state index is 13.4. The summed E-state index contributed by atoms with van der Waals surface area (Å²) in [6, 6.07) is 6.92. The Hall–Kier alpha value is -3.33. The van der Waals surface area contributed by atoms with Gasteiger partial charge in [0.2, 0.25) is 0 Å². The molecule has 3 aromatic rings. The Morgan fingerprint density at radius 3 is 2.81 bits per heavy atom. The fraction of sp³-hybridized carbons (Fsp3) is 0.318. The lowest BCUT2D eigenvalue weighted by Crippen LogP contribution is -2.30. The van der Waals surface area contributed by atoms with Crippen LogP contribution in [0.3, 0.4) is 0 Å². The van der Waals surface area contributed by atoms with Gasteiger partial charge in [0, 0.05) is 35.8 Å². The number of aromatic amines is 1. The number of rotatable bonds is 5. The normalized spacial score (nSPS) is 19.2. The molecule has 5 rings (SSSR count). The molecule has 0 bridgehead atoms. The first-order chi connectivity index (χ1) is 15.0. The first-order valence-corrected chi connectivity index (χ1v) is 10.1. The number of nitrogens with zero attached hydrogens (tertiary/aromatic N) is 2. The van der Waals surface area contributed by atoms with Crippen LogP contribution in [0, 0.1) is 5.41 Å². The van der Waals surface area contributed by atoms with Crippen LogP contribution in [0.25, 0.3) is 22.2 Å². The minimum Gasteiger partial charge on any atom is -0.395 e. The van der Waals surface area contributed by atoms with Crippen molar-refractivity contribution in [2.24, 2.45) is 4.99 Å². The van der Waals surface area contributed by atoms with E-state index in [1.165, 1.54) is 18.3 Å². The third-order valence-electron chi connectivity index (χ3n) is 5.60. The average molecular weight is 425 g/mol. The predicted molar refractivity (Wildman–Crippen MR) is 114 cm³/mol. The van der Waals surface area contributed by atoms with E-state index in [0.717, 1.165) is 42.4 Å². The molecule has 1 atom stereocenters. The lowest BCUT2D eigenvalue weighted by molar-refractivity contribution is -0.286. The van der Waals surface area contributed by atoms with Crippen molar-refractivity contribution in [1.29, 1.82) is 5.41 Å². The summed E-state index contributed by atoms with van der Waals surface area (Å²) >= 11 is 0. The zero-order chi connectivity index (χ0) is 21.4. The van der Waals surface area contributed by atoms with Gasteiger partial charge in [-0.3, -0.25) is 4.99 Å². The number of piperidine rings is 1. The first-order valence-electron chi connectivity index (χ1n) is 10.1. The molecule has 1 saturated heterocycles. The zero-order valence-corrected chi connectivity index (χ0v) is 16.6. The summed E-state index contributed by atoms with van der Waals surface area (Å²) in [6.07, 6.45) is 5.00. The van der Waals surface area contributed by atoms with Gasteiger partial charge >= 0.3 is 6.29 Å². The molecule has 31 heavy (non-hydrogen) atoms. The SMILES string of the molecule is N=CC(C=NC1CCNCC1)c1cnc2[nH]cc(-c3ccc4c(c3)OC(F)(F)O4)c2c1. The van der Waals surface area contributed by atoms with E-state index in [0.29, 0.717) is 11.2 Å². The molecule has 9 heteroatoms. The molecule has 0 saturated carbocycles. The molecule has 160 valence electrons. The van der Waals surface area contributed by atoms with Gasteiger partial charge in [0.15, 0.2) is 11.5 Å². The number of benzene rings is 1. The highest BCUT2D eigenvalue weighted by molar-refractivity contribution is 5.96. The molecule has 2 aliphatic rings. The van der Waals surface area contributed by atoms with E-state index in [9.17, 15) is 8.78 Å². The lowest BCUT2D eigenvalue weighted by Gasteiger charge is -2.19. The first kappa shape index (κ1) is 19.6. The largest absolute Gasteiger partial charge is 0.586 e. The van der Waals surface area contributed by atoms with Gasteiger partial charge in [0.25, 0.3) is 0 Å². The smallest absolute Gasteiger partial charge is 0.395 e. The number of H-pyrrole nitrogens is 1. The Bertz CT molecular complexity index is 1150. The number of hydrogen-bond donors (Lipinski definition) is 3.